The van der Waals surface area contributed by atoms with Crippen molar-refractivity contribution >= 4 is 22.1 Å². The number of nitrogens with one attached hydrogen (secondary N) is 1. The van der Waals surface area contributed by atoms with Crippen LogP contribution in [-0.2, 0) is 16.4 Å². The number of carbonyl (C=O) groups is 1. The summed E-state index contributed by atoms with van der Waals surface area (Å²) in [6.07, 6.45) is 1.83. The zero-order chi connectivity index (χ0) is 17.6. The molecule has 7 nitrogen and oxygen atoms in total. The lowest BCUT2D eigenvalue weighted by atomic mass is 10.1. The maximum absolute atomic E-state index is 12.0. The fourth-order valence-corrected chi connectivity index (χ4v) is 2.57. The van der Waals surface area contributed by atoms with E-state index in [1.165, 1.54) is 18.3 Å². The van der Waals surface area contributed by atoms with Gasteiger partial charge >= 0.3 is 0 Å². The lowest BCUT2D eigenvalue weighted by Gasteiger charge is -2.06. The number of amides is 1. The van der Waals surface area contributed by atoms with E-state index >= 15 is 0 Å². The highest BCUT2D eigenvalue weighted by Crippen LogP contribution is 2.09. The predicted molar refractivity (Wildman–Crippen MR) is 89.7 cm³/mol. The molecular weight excluding hydrogens is 330 g/mol. The molecule has 0 fully saturated rings. The lowest BCUT2D eigenvalue weighted by Crippen LogP contribution is -2.25. The van der Waals surface area contributed by atoms with E-state index in [9.17, 15) is 13.2 Å². The van der Waals surface area contributed by atoms with Gasteiger partial charge in [0, 0.05) is 12.1 Å². The number of rotatable bonds is 6. The van der Waals surface area contributed by atoms with Crippen LogP contribution in [0.1, 0.15) is 21.5 Å². The Kier molecular flexibility index (Phi) is 5.67. The molecule has 8 heteroatoms. The number of nitrogens with zero attached hydrogens (tertiary/aromatic N) is 1. The maximum Gasteiger partial charge on any atom is 0.251 e. The molecule has 24 heavy (non-hydrogen) atoms. The molecule has 0 atom stereocenters. The van der Waals surface area contributed by atoms with Gasteiger partial charge in [-0.1, -0.05) is 29.4 Å². The Morgan fingerprint density at radius 1 is 1.12 bits per heavy atom. The van der Waals surface area contributed by atoms with E-state index in [1.807, 2.05) is 0 Å². The molecule has 0 aliphatic carbocycles. The van der Waals surface area contributed by atoms with Crippen LogP contribution in [0.15, 0.2) is 58.6 Å². The van der Waals surface area contributed by atoms with Crippen molar-refractivity contribution in [2.24, 2.45) is 10.3 Å². The molecule has 4 N–H and O–H groups in total. The van der Waals surface area contributed by atoms with Crippen LogP contribution in [0.3, 0.4) is 0 Å². The molecule has 0 aliphatic heterocycles. The van der Waals surface area contributed by atoms with Crippen LogP contribution >= 0.6 is 0 Å². The minimum absolute atomic E-state index is 0.0572. The molecule has 0 heterocycles. The Bertz CT molecular complexity index is 829. The first-order chi connectivity index (χ1) is 11.4. The summed E-state index contributed by atoms with van der Waals surface area (Å²) in [7, 11) is -3.69. The lowest BCUT2D eigenvalue weighted by molar-refractivity contribution is 0.0954. The molecule has 0 aliphatic rings. The van der Waals surface area contributed by atoms with Crippen molar-refractivity contribution in [1.29, 1.82) is 0 Å². The van der Waals surface area contributed by atoms with Gasteiger partial charge in [-0.3, -0.25) is 4.79 Å². The second-order valence-electron chi connectivity index (χ2n) is 5.06. The smallest absolute Gasteiger partial charge is 0.251 e. The Hall–Kier alpha value is -2.71. The highest BCUT2D eigenvalue weighted by molar-refractivity contribution is 7.89. The quantitative estimate of drug-likeness (QED) is 0.412. The van der Waals surface area contributed by atoms with Crippen LogP contribution in [0.4, 0.5) is 0 Å². The van der Waals surface area contributed by atoms with Crippen molar-refractivity contribution in [2.75, 3.05) is 6.54 Å². The second kappa shape index (κ2) is 7.71. The third kappa shape index (κ3) is 4.90. The molecule has 2 aromatic carbocycles. The van der Waals surface area contributed by atoms with Crippen molar-refractivity contribution in [2.45, 2.75) is 11.3 Å². The van der Waals surface area contributed by atoms with Crippen LogP contribution in [0.5, 0.6) is 0 Å². The van der Waals surface area contributed by atoms with E-state index in [2.05, 4.69) is 10.5 Å². The van der Waals surface area contributed by atoms with Crippen molar-refractivity contribution in [3.63, 3.8) is 0 Å². The van der Waals surface area contributed by atoms with E-state index < -0.39 is 10.0 Å². The van der Waals surface area contributed by atoms with Gasteiger partial charge in [0.25, 0.3) is 5.91 Å². The fraction of sp³-hybridized carbons (Fsp3) is 0.125. The number of primary sulfonamides is 1. The van der Waals surface area contributed by atoms with E-state index in [1.54, 1.807) is 36.4 Å². The Morgan fingerprint density at radius 2 is 1.75 bits per heavy atom. The summed E-state index contributed by atoms with van der Waals surface area (Å²) in [5.74, 6) is -0.219. The summed E-state index contributed by atoms with van der Waals surface area (Å²) in [6, 6.07) is 12.8. The summed E-state index contributed by atoms with van der Waals surface area (Å²) in [5.41, 5.74) is 2.07. The number of oxime groups is 1. The molecule has 2 aromatic rings. The maximum atomic E-state index is 12.0. The molecule has 1 amide bonds. The summed E-state index contributed by atoms with van der Waals surface area (Å²) >= 11 is 0. The predicted octanol–water partition coefficient (Wildman–Crippen LogP) is 1.11. The second-order valence-corrected chi connectivity index (χ2v) is 6.62. The highest BCUT2D eigenvalue weighted by Gasteiger charge is 2.07. The first-order valence-corrected chi connectivity index (χ1v) is 8.62. The Balaban J connectivity index is 1.88. The molecule has 0 spiro atoms. The highest BCUT2D eigenvalue weighted by atomic mass is 32.2. The van der Waals surface area contributed by atoms with Crippen LogP contribution < -0.4 is 10.5 Å². The van der Waals surface area contributed by atoms with Gasteiger partial charge in [-0.15, -0.1) is 0 Å². The topological polar surface area (TPSA) is 122 Å². The number of carbonyl (C=O) groups excluding carboxylic acids is 1. The van der Waals surface area contributed by atoms with E-state index in [-0.39, 0.29) is 10.8 Å². The van der Waals surface area contributed by atoms with Crippen molar-refractivity contribution in [3.05, 3.63) is 65.2 Å². The minimum Gasteiger partial charge on any atom is -0.411 e. The average molecular weight is 347 g/mol. The molecule has 0 saturated heterocycles. The summed E-state index contributed by atoms with van der Waals surface area (Å²) in [4.78, 5) is 12.1. The zero-order valence-electron chi connectivity index (χ0n) is 12.7. The average Bonchev–Trinajstić information content (AvgIpc) is 2.55. The largest absolute Gasteiger partial charge is 0.411 e. The molecule has 0 unspecified atom stereocenters. The van der Waals surface area contributed by atoms with Gasteiger partial charge in [0.2, 0.25) is 10.0 Å². The van der Waals surface area contributed by atoms with Gasteiger partial charge in [-0.25, -0.2) is 13.6 Å². The number of nitrogens with two attached hydrogens (primary N) is 1. The van der Waals surface area contributed by atoms with Crippen molar-refractivity contribution in [1.82, 2.24) is 5.32 Å². The molecular formula is C16H17N3O4S. The van der Waals surface area contributed by atoms with Crippen LogP contribution in [0.2, 0.25) is 0 Å². The Labute approximate surface area is 139 Å². The summed E-state index contributed by atoms with van der Waals surface area (Å²) < 4.78 is 22.3. The van der Waals surface area contributed by atoms with E-state index in [4.69, 9.17) is 10.3 Å². The third-order valence-corrected chi connectivity index (χ3v) is 4.26. The summed E-state index contributed by atoms with van der Waals surface area (Å²) in [5, 5.41) is 19.2. The normalized spacial score (nSPS) is 11.5. The molecule has 0 bridgehead atoms. The molecule has 0 radical (unpaired) electrons. The zero-order valence-corrected chi connectivity index (χ0v) is 13.5. The van der Waals surface area contributed by atoms with Gasteiger partial charge in [0.05, 0.1) is 11.1 Å². The van der Waals surface area contributed by atoms with Gasteiger partial charge < -0.3 is 10.5 Å². The van der Waals surface area contributed by atoms with Crippen molar-refractivity contribution in [3.8, 4) is 0 Å². The van der Waals surface area contributed by atoms with Crippen LogP contribution in [-0.4, -0.2) is 32.3 Å². The molecule has 0 aromatic heterocycles. The standard InChI is InChI=1S/C16H17N3O4S/c17-24(22,23)15-7-3-12(4-8-15)9-10-18-16(20)14-5-1-13(2-6-14)11-19-21/h1-8,11,21H,9-10H2,(H,18,20)(H2,17,22,23)/b19-11+. The van der Waals surface area contributed by atoms with E-state index in [0.29, 0.717) is 24.1 Å². The minimum atomic E-state index is -3.69. The SMILES string of the molecule is NS(=O)(=O)c1ccc(CCNC(=O)c2ccc(/C=N/O)cc2)cc1. The first kappa shape index (κ1) is 17.6. The fourth-order valence-electron chi connectivity index (χ4n) is 2.06. The number of hydrogen-bond donors (Lipinski definition) is 3. The number of hydrogen-bond acceptors (Lipinski definition) is 5. The number of sulfonamides is 1. The van der Waals surface area contributed by atoms with Gasteiger partial charge in [0.15, 0.2) is 0 Å². The summed E-state index contributed by atoms with van der Waals surface area (Å²) in [6.45, 7) is 0.410. The molecule has 126 valence electrons. The monoisotopic (exact) mass is 347 g/mol. The molecule has 0 saturated carbocycles. The van der Waals surface area contributed by atoms with Crippen LogP contribution in [0, 0.1) is 0 Å². The Morgan fingerprint density at radius 3 is 2.29 bits per heavy atom. The van der Waals surface area contributed by atoms with Gasteiger partial charge in [-0.05, 0) is 41.8 Å². The van der Waals surface area contributed by atoms with E-state index in [0.717, 1.165) is 5.56 Å². The van der Waals surface area contributed by atoms with Crippen molar-refractivity contribution < 1.29 is 18.4 Å². The van der Waals surface area contributed by atoms with Gasteiger partial charge in [-0.2, -0.15) is 0 Å². The molecule has 2 rings (SSSR count). The number of benzene rings is 2. The third-order valence-electron chi connectivity index (χ3n) is 3.33. The first-order valence-electron chi connectivity index (χ1n) is 7.07. The van der Waals surface area contributed by atoms with Crippen LogP contribution in [0.25, 0.3) is 0 Å². The van der Waals surface area contributed by atoms with Gasteiger partial charge in [0.1, 0.15) is 0 Å².